The number of para-hydroxylation sites is 2. The van der Waals surface area contributed by atoms with Gasteiger partial charge in [-0.2, -0.15) is 0 Å². The Bertz CT molecular complexity index is 1910. The third-order valence-corrected chi connectivity index (χ3v) is 7.55. The Labute approximate surface area is 192 Å². The molecule has 0 spiro atoms. The highest BCUT2D eigenvalue weighted by molar-refractivity contribution is 7.99. The summed E-state index contributed by atoms with van der Waals surface area (Å²) in [5.74, 6) is 0.661. The highest BCUT2D eigenvalue weighted by Crippen LogP contribution is 2.47. The first-order valence-electron chi connectivity index (χ1n) is 10.9. The molecule has 154 valence electrons. The van der Waals surface area contributed by atoms with Crippen LogP contribution >= 0.6 is 11.8 Å². The molecule has 4 heterocycles. The zero-order valence-electron chi connectivity index (χ0n) is 17.3. The molecule has 5 heteroatoms. The maximum atomic E-state index is 6.32. The fourth-order valence-corrected chi connectivity index (χ4v) is 6.12. The van der Waals surface area contributed by atoms with Gasteiger partial charge in [0.25, 0.3) is 0 Å². The zero-order chi connectivity index (χ0) is 21.5. The largest absolute Gasteiger partial charge is 0.454 e. The number of fused-ring (bicyclic) bond motifs is 7. The van der Waals surface area contributed by atoms with Crippen LogP contribution in [0.25, 0.3) is 61.1 Å². The minimum absolute atomic E-state index is 0.661. The molecule has 3 aromatic heterocycles. The highest BCUT2D eigenvalue weighted by atomic mass is 32.2. The van der Waals surface area contributed by atoms with E-state index in [1.165, 1.54) is 9.79 Å². The lowest BCUT2D eigenvalue weighted by Crippen LogP contribution is -2.05. The van der Waals surface area contributed by atoms with Gasteiger partial charge in [0, 0.05) is 31.5 Å². The lowest BCUT2D eigenvalue weighted by Gasteiger charge is -2.20. The SMILES string of the molecule is c1ccc2c(c1)Sc1cccc3nc(-n4c5ccccc5c5oc6ccccc6c54)nc-2c13. The second-order valence-corrected chi connectivity index (χ2v) is 9.33. The molecule has 0 saturated carbocycles. The molecule has 7 aromatic rings. The number of furan rings is 1. The van der Waals surface area contributed by atoms with Crippen LogP contribution in [-0.4, -0.2) is 14.5 Å². The Balaban J connectivity index is 1.56. The zero-order valence-corrected chi connectivity index (χ0v) is 18.1. The van der Waals surface area contributed by atoms with Gasteiger partial charge in [-0.25, -0.2) is 9.97 Å². The molecule has 0 N–H and O–H groups in total. The first kappa shape index (κ1) is 17.5. The number of hydrogen-bond donors (Lipinski definition) is 0. The molecule has 0 atom stereocenters. The smallest absolute Gasteiger partial charge is 0.235 e. The maximum absolute atomic E-state index is 6.32. The first-order valence-corrected chi connectivity index (χ1v) is 11.7. The topological polar surface area (TPSA) is 43.9 Å². The van der Waals surface area contributed by atoms with E-state index in [-0.39, 0.29) is 0 Å². The maximum Gasteiger partial charge on any atom is 0.235 e. The van der Waals surface area contributed by atoms with E-state index >= 15 is 0 Å². The first-order chi connectivity index (χ1) is 16.4. The van der Waals surface area contributed by atoms with Crippen molar-refractivity contribution < 1.29 is 4.42 Å². The Hall–Kier alpha value is -4.09. The van der Waals surface area contributed by atoms with Gasteiger partial charge in [0.1, 0.15) is 11.1 Å². The van der Waals surface area contributed by atoms with Crippen LogP contribution in [0.2, 0.25) is 0 Å². The lowest BCUT2D eigenvalue weighted by atomic mass is 10.1. The van der Waals surface area contributed by atoms with Gasteiger partial charge in [-0.05, 0) is 42.5 Å². The van der Waals surface area contributed by atoms with Gasteiger partial charge in [-0.3, -0.25) is 4.57 Å². The van der Waals surface area contributed by atoms with Crippen LogP contribution in [0, 0.1) is 0 Å². The summed E-state index contributed by atoms with van der Waals surface area (Å²) in [6.45, 7) is 0. The minimum Gasteiger partial charge on any atom is -0.454 e. The van der Waals surface area contributed by atoms with Crippen molar-refractivity contribution in [3.63, 3.8) is 0 Å². The third kappa shape index (κ3) is 2.27. The van der Waals surface area contributed by atoms with Crippen LogP contribution in [0.1, 0.15) is 0 Å². The highest BCUT2D eigenvalue weighted by Gasteiger charge is 2.25. The van der Waals surface area contributed by atoms with E-state index in [1.807, 2.05) is 24.3 Å². The van der Waals surface area contributed by atoms with Crippen molar-refractivity contribution >= 4 is 55.6 Å². The quantitative estimate of drug-likeness (QED) is 0.263. The molecule has 0 radical (unpaired) electrons. The van der Waals surface area contributed by atoms with E-state index in [0.717, 1.165) is 55.1 Å². The molecule has 1 aliphatic rings. The van der Waals surface area contributed by atoms with Gasteiger partial charge >= 0.3 is 0 Å². The van der Waals surface area contributed by atoms with Gasteiger partial charge in [-0.1, -0.05) is 60.3 Å². The van der Waals surface area contributed by atoms with Crippen LogP contribution in [0.4, 0.5) is 0 Å². The van der Waals surface area contributed by atoms with Gasteiger partial charge in [0.15, 0.2) is 5.58 Å². The van der Waals surface area contributed by atoms with Crippen LogP contribution in [-0.2, 0) is 0 Å². The van der Waals surface area contributed by atoms with Crippen LogP contribution in [0.3, 0.4) is 0 Å². The van der Waals surface area contributed by atoms with Gasteiger partial charge in [0.05, 0.1) is 16.7 Å². The van der Waals surface area contributed by atoms with E-state index in [1.54, 1.807) is 11.8 Å². The Morgan fingerprint density at radius 1 is 0.697 bits per heavy atom. The third-order valence-electron chi connectivity index (χ3n) is 6.42. The summed E-state index contributed by atoms with van der Waals surface area (Å²) in [6.07, 6.45) is 0. The number of rotatable bonds is 1. The summed E-state index contributed by atoms with van der Waals surface area (Å²) < 4.78 is 8.47. The van der Waals surface area contributed by atoms with Crippen molar-refractivity contribution in [2.24, 2.45) is 0 Å². The minimum atomic E-state index is 0.661. The standard InChI is InChI=1S/C28H15N3OS/c1-4-12-20-16(8-1)27-26(17-9-2-5-13-21(17)32-27)31(20)28-29-19-11-7-15-23-24(19)25(30-28)18-10-3-6-14-22(18)33-23/h1-15H. The Morgan fingerprint density at radius 2 is 1.48 bits per heavy atom. The average Bonchev–Trinajstić information content (AvgIpc) is 3.39. The van der Waals surface area contributed by atoms with Crippen LogP contribution in [0.15, 0.2) is 105 Å². The second kappa shape index (κ2) is 6.24. The summed E-state index contributed by atoms with van der Waals surface area (Å²) >= 11 is 1.78. The fourth-order valence-electron chi connectivity index (χ4n) is 5.01. The molecule has 0 saturated heterocycles. The van der Waals surface area contributed by atoms with E-state index in [2.05, 4.69) is 71.3 Å². The lowest BCUT2D eigenvalue weighted by molar-refractivity contribution is 0.672. The molecule has 8 rings (SSSR count). The van der Waals surface area contributed by atoms with Crippen molar-refractivity contribution in [2.75, 3.05) is 0 Å². The summed E-state index contributed by atoms with van der Waals surface area (Å²) in [5, 5.41) is 3.24. The molecule has 33 heavy (non-hydrogen) atoms. The average molecular weight is 442 g/mol. The number of nitrogens with zero attached hydrogens (tertiary/aromatic N) is 3. The number of benzene rings is 4. The Kier molecular flexibility index (Phi) is 3.30. The van der Waals surface area contributed by atoms with E-state index in [4.69, 9.17) is 14.4 Å². The van der Waals surface area contributed by atoms with Crippen LogP contribution in [0.5, 0.6) is 0 Å². The van der Waals surface area contributed by atoms with Crippen molar-refractivity contribution in [3.05, 3.63) is 91.0 Å². The van der Waals surface area contributed by atoms with E-state index in [9.17, 15) is 0 Å². The van der Waals surface area contributed by atoms with E-state index < -0.39 is 0 Å². The summed E-state index contributed by atoms with van der Waals surface area (Å²) in [6, 6.07) is 31.3. The molecule has 0 aliphatic carbocycles. The molecule has 1 aliphatic heterocycles. The second-order valence-electron chi connectivity index (χ2n) is 8.25. The van der Waals surface area contributed by atoms with Crippen molar-refractivity contribution in [1.82, 2.24) is 14.5 Å². The predicted octanol–water partition coefficient (Wildman–Crippen LogP) is 7.60. The van der Waals surface area contributed by atoms with Crippen molar-refractivity contribution in [2.45, 2.75) is 9.79 Å². The van der Waals surface area contributed by atoms with Crippen molar-refractivity contribution in [1.29, 1.82) is 0 Å². The van der Waals surface area contributed by atoms with E-state index in [0.29, 0.717) is 5.95 Å². The van der Waals surface area contributed by atoms with Gasteiger partial charge in [-0.15, -0.1) is 0 Å². The molecule has 0 unspecified atom stereocenters. The molecule has 4 nitrogen and oxygen atoms in total. The number of hydrogen-bond acceptors (Lipinski definition) is 4. The monoisotopic (exact) mass is 441 g/mol. The Morgan fingerprint density at radius 3 is 2.45 bits per heavy atom. The summed E-state index contributed by atoms with van der Waals surface area (Å²) in [4.78, 5) is 12.7. The molecular formula is C28H15N3OS. The molecule has 4 aromatic carbocycles. The van der Waals surface area contributed by atoms with Crippen molar-refractivity contribution in [3.8, 4) is 17.2 Å². The molecule has 0 bridgehead atoms. The fraction of sp³-hybridized carbons (Fsp3) is 0. The molecule has 0 fully saturated rings. The number of aromatic nitrogens is 3. The van der Waals surface area contributed by atoms with Gasteiger partial charge < -0.3 is 4.42 Å². The van der Waals surface area contributed by atoms with Crippen LogP contribution < -0.4 is 0 Å². The predicted molar refractivity (Wildman–Crippen MR) is 133 cm³/mol. The summed E-state index contributed by atoms with van der Waals surface area (Å²) in [5.41, 5.74) is 6.87. The normalized spacial score (nSPS) is 12.7. The molecular weight excluding hydrogens is 426 g/mol. The van der Waals surface area contributed by atoms with Gasteiger partial charge in [0.2, 0.25) is 5.95 Å². The molecule has 0 amide bonds. The summed E-state index contributed by atoms with van der Waals surface area (Å²) in [7, 11) is 0.